The van der Waals surface area contributed by atoms with Crippen LogP contribution in [0.2, 0.25) is 0 Å². The lowest BCUT2D eigenvalue weighted by Gasteiger charge is -2.43. The van der Waals surface area contributed by atoms with Crippen molar-refractivity contribution in [2.75, 3.05) is 59.2 Å². The van der Waals surface area contributed by atoms with Crippen molar-refractivity contribution in [3.63, 3.8) is 0 Å². The summed E-state index contributed by atoms with van der Waals surface area (Å²) in [6.07, 6.45) is 0. The second-order valence-corrected chi connectivity index (χ2v) is 6.35. The molecule has 6 heteroatoms. The van der Waals surface area contributed by atoms with Crippen molar-refractivity contribution in [2.24, 2.45) is 0 Å². The van der Waals surface area contributed by atoms with E-state index in [0.717, 1.165) is 31.7 Å². The molecule has 2 aliphatic rings. The van der Waals surface area contributed by atoms with Gasteiger partial charge < -0.3 is 14.2 Å². The van der Waals surface area contributed by atoms with Gasteiger partial charge in [-0.05, 0) is 12.5 Å². The Balaban J connectivity index is 1.93. The molecule has 0 saturated carbocycles. The Morgan fingerprint density at radius 1 is 1.00 bits per heavy atom. The Bertz CT molecular complexity index is 527. The van der Waals surface area contributed by atoms with Crippen LogP contribution < -0.4 is 0 Å². The molecule has 138 valence electrons. The first-order valence-corrected chi connectivity index (χ1v) is 9.16. The molecular weight excluding hydrogens is 320 g/mol. The van der Waals surface area contributed by atoms with E-state index in [2.05, 4.69) is 21.9 Å². The predicted molar refractivity (Wildman–Crippen MR) is 94.4 cm³/mol. The number of benzene rings is 1. The Kier molecular flexibility index (Phi) is 6.81. The topological polar surface area (TPSA) is 51.2 Å². The Morgan fingerprint density at radius 3 is 2.12 bits per heavy atom. The lowest BCUT2D eigenvalue weighted by atomic mass is 9.95. The minimum absolute atomic E-state index is 0.0396. The lowest BCUT2D eigenvalue weighted by Crippen LogP contribution is -2.56. The molecule has 0 amide bonds. The van der Waals surface area contributed by atoms with Gasteiger partial charge in [-0.25, -0.2) is 0 Å². The summed E-state index contributed by atoms with van der Waals surface area (Å²) in [6, 6.07) is 9.91. The van der Waals surface area contributed by atoms with E-state index in [9.17, 15) is 4.79 Å². The second kappa shape index (κ2) is 9.29. The summed E-state index contributed by atoms with van der Waals surface area (Å²) in [5.74, 6) is -0.148. The number of hydrogen-bond acceptors (Lipinski definition) is 6. The average molecular weight is 348 g/mol. The summed E-state index contributed by atoms with van der Waals surface area (Å²) >= 11 is 0. The molecule has 2 saturated heterocycles. The average Bonchev–Trinajstić information content (AvgIpc) is 2.68. The van der Waals surface area contributed by atoms with E-state index in [1.54, 1.807) is 0 Å². The van der Waals surface area contributed by atoms with Gasteiger partial charge in [0, 0.05) is 26.2 Å². The second-order valence-electron chi connectivity index (χ2n) is 6.35. The summed E-state index contributed by atoms with van der Waals surface area (Å²) in [5.41, 5.74) is 1.15. The lowest BCUT2D eigenvalue weighted by molar-refractivity contribution is -0.156. The van der Waals surface area contributed by atoms with E-state index >= 15 is 0 Å². The quantitative estimate of drug-likeness (QED) is 0.723. The normalized spacial score (nSPS) is 22.3. The van der Waals surface area contributed by atoms with Crippen molar-refractivity contribution >= 4 is 5.97 Å². The van der Waals surface area contributed by atoms with Crippen molar-refractivity contribution in [3.05, 3.63) is 35.9 Å². The van der Waals surface area contributed by atoms with Crippen LogP contribution in [0.25, 0.3) is 0 Å². The number of carbonyl (C=O) groups excluding carboxylic acids is 1. The molecule has 2 fully saturated rings. The molecule has 0 N–H and O–H groups in total. The monoisotopic (exact) mass is 348 g/mol. The maximum absolute atomic E-state index is 12.9. The largest absolute Gasteiger partial charge is 0.465 e. The number of ether oxygens (including phenoxy) is 3. The SMILES string of the molecule is CCOC(=O)[C@H]([C@H](c1ccccc1)N1CCOCC1)N1CCOCC1. The number of nitrogens with zero attached hydrogens (tertiary/aromatic N) is 2. The highest BCUT2D eigenvalue weighted by molar-refractivity contribution is 5.77. The molecule has 2 atom stereocenters. The van der Waals surface area contributed by atoms with Crippen LogP contribution in [0.4, 0.5) is 0 Å². The van der Waals surface area contributed by atoms with Crippen molar-refractivity contribution in [1.82, 2.24) is 9.80 Å². The van der Waals surface area contributed by atoms with Gasteiger partial charge in [-0.2, -0.15) is 0 Å². The van der Waals surface area contributed by atoms with Crippen molar-refractivity contribution in [1.29, 1.82) is 0 Å². The molecule has 0 spiro atoms. The zero-order valence-corrected chi connectivity index (χ0v) is 14.9. The Labute approximate surface area is 149 Å². The molecule has 0 unspecified atom stereocenters. The van der Waals surface area contributed by atoms with E-state index < -0.39 is 0 Å². The van der Waals surface area contributed by atoms with Crippen LogP contribution in [-0.2, 0) is 19.0 Å². The molecule has 6 nitrogen and oxygen atoms in total. The molecule has 0 bridgehead atoms. The Morgan fingerprint density at radius 2 is 1.56 bits per heavy atom. The third-order valence-electron chi connectivity index (χ3n) is 4.85. The fourth-order valence-corrected chi connectivity index (χ4v) is 3.66. The first-order chi connectivity index (χ1) is 12.3. The molecule has 2 heterocycles. The fraction of sp³-hybridized carbons (Fsp3) is 0.632. The van der Waals surface area contributed by atoms with Gasteiger partial charge >= 0.3 is 5.97 Å². The van der Waals surface area contributed by atoms with Gasteiger partial charge in [0.2, 0.25) is 0 Å². The summed E-state index contributed by atoms with van der Waals surface area (Å²) in [4.78, 5) is 17.5. The minimum Gasteiger partial charge on any atom is -0.465 e. The van der Waals surface area contributed by atoms with Crippen LogP contribution in [0.1, 0.15) is 18.5 Å². The highest BCUT2D eigenvalue weighted by Gasteiger charge is 2.40. The number of esters is 1. The molecule has 3 rings (SSSR count). The summed E-state index contributed by atoms with van der Waals surface area (Å²) in [5, 5.41) is 0. The van der Waals surface area contributed by atoms with Crippen LogP contribution in [0.3, 0.4) is 0 Å². The molecule has 1 aromatic carbocycles. The molecule has 0 aromatic heterocycles. The molecular formula is C19H28N2O4. The van der Waals surface area contributed by atoms with Gasteiger partial charge in [0.05, 0.1) is 39.1 Å². The van der Waals surface area contributed by atoms with E-state index in [0.29, 0.717) is 33.0 Å². The van der Waals surface area contributed by atoms with Crippen LogP contribution in [0, 0.1) is 0 Å². The maximum Gasteiger partial charge on any atom is 0.325 e. The van der Waals surface area contributed by atoms with Gasteiger partial charge in [0.25, 0.3) is 0 Å². The van der Waals surface area contributed by atoms with Crippen LogP contribution in [0.15, 0.2) is 30.3 Å². The van der Waals surface area contributed by atoms with Gasteiger partial charge in [-0.1, -0.05) is 30.3 Å². The highest BCUT2D eigenvalue weighted by Crippen LogP contribution is 2.30. The summed E-state index contributed by atoms with van der Waals surface area (Å²) in [7, 11) is 0. The van der Waals surface area contributed by atoms with Gasteiger partial charge in [0.15, 0.2) is 0 Å². The van der Waals surface area contributed by atoms with E-state index in [-0.39, 0.29) is 18.1 Å². The predicted octanol–water partition coefficient (Wildman–Crippen LogP) is 1.32. The summed E-state index contributed by atoms with van der Waals surface area (Å²) < 4.78 is 16.5. The molecule has 2 aliphatic heterocycles. The number of carbonyl (C=O) groups is 1. The fourth-order valence-electron chi connectivity index (χ4n) is 3.66. The van der Waals surface area contributed by atoms with Crippen LogP contribution >= 0.6 is 0 Å². The van der Waals surface area contributed by atoms with Crippen LogP contribution in [0.5, 0.6) is 0 Å². The molecule has 0 radical (unpaired) electrons. The van der Waals surface area contributed by atoms with Crippen LogP contribution in [-0.4, -0.2) is 81.0 Å². The molecule has 0 aliphatic carbocycles. The zero-order valence-electron chi connectivity index (χ0n) is 14.9. The zero-order chi connectivity index (χ0) is 17.5. The number of hydrogen-bond donors (Lipinski definition) is 0. The highest BCUT2D eigenvalue weighted by atomic mass is 16.5. The van der Waals surface area contributed by atoms with Gasteiger partial charge in [-0.3, -0.25) is 14.6 Å². The van der Waals surface area contributed by atoms with E-state index in [1.807, 2.05) is 25.1 Å². The van der Waals surface area contributed by atoms with Crippen molar-refractivity contribution in [3.8, 4) is 0 Å². The van der Waals surface area contributed by atoms with Crippen molar-refractivity contribution < 1.29 is 19.0 Å². The van der Waals surface area contributed by atoms with Crippen molar-refractivity contribution in [2.45, 2.75) is 19.0 Å². The smallest absolute Gasteiger partial charge is 0.325 e. The number of rotatable bonds is 6. The Hall–Kier alpha value is -1.47. The van der Waals surface area contributed by atoms with Gasteiger partial charge in [-0.15, -0.1) is 0 Å². The third kappa shape index (κ3) is 4.58. The minimum atomic E-state index is -0.329. The van der Waals surface area contributed by atoms with Gasteiger partial charge in [0.1, 0.15) is 6.04 Å². The standard InChI is InChI=1S/C19H28N2O4/c1-2-25-19(22)18(21-10-14-24-15-11-21)17(16-6-4-3-5-7-16)20-8-12-23-13-9-20/h3-7,17-18H,2,8-15H2,1H3/t17-,18-/m0/s1. The molecule has 25 heavy (non-hydrogen) atoms. The molecule has 1 aromatic rings. The maximum atomic E-state index is 12.9. The first-order valence-electron chi connectivity index (χ1n) is 9.16. The van der Waals surface area contributed by atoms with E-state index in [4.69, 9.17) is 14.2 Å². The number of morpholine rings is 2. The third-order valence-corrected chi connectivity index (χ3v) is 4.85. The first kappa shape index (κ1) is 18.3. The summed E-state index contributed by atoms with van der Waals surface area (Å²) in [6.45, 7) is 8.09. The van der Waals surface area contributed by atoms with E-state index in [1.165, 1.54) is 0 Å².